The molecule has 6 nitrogen and oxygen atoms in total. The van der Waals surface area contributed by atoms with Crippen molar-refractivity contribution >= 4 is 34.4 Å². The molecule has 2 N–H and O–H groups in total. The van der Waals surface area contributed by atoms with E-state index in [2.05, 4.69) is 15.4 Å². The molecule has 0 aliphatic carbocycles. The van der Waals surface area contributed by atoms with Crippen molar-refractivity contribution in [3.05, 3.63) is 58.0 Å². The van der Waals surface area contributed by atoms with Gasteiger partial charge >= 0.3 is 0 Å². The first-order valence-corrected chi connectivity index (χ1v) is 9.20. The smallest absolute Gasteiger partial charge is 0.270 e. The molecule has 0 unspecified atom stereocenters. The predicted octanol–water partition coefficient (Wildman–Crippen LogP) is 3.08. The maximum absolute atomic E-state index is 12.7. The first kappa shape index (κ1) is 16.0. The number of nitrogens with zero attached hydrogens (tertiary/aromatic N) is 2. The average molecular weight is 354 g/mol. The summed E-state index contributed by atoms with van der Waals surface area (Å²) in [4.78, 5) is 29.4. The summed E-state index contributed by atoms with van der Waals surface area (Å²) >= 11 is 1.46. The number of carbonyl (C=O) groups is 1. The minimum Gasteiger partial charge on any atom is -0.310 e. The van der Waals surface area contributed by atoms with Crippen LogP contribution in [0.5, 0.6) is 0 Å². The molecule has 128 valence electrons. The van der Waals surface area contributed by atoms with Crippen LogP contribution in [0.4, 0.5) is 5.82 Å². The zero-order chi connectivity index (χ0) is 17.6. The molecule has 7 heteroatoms. The van der Waals surface area contributed by atoms with Crippen molar-refractivity contribution in [1.82, 2.24) is 14.8 Å². The van der Waals surface area contributed by atoms with Crippen LogP contribution in [0, 0.1) is 0 Å². The Morgan fingerprint density at radius 3 is 2.84 bits per heavy atom. The number of thioether (sulfide) groups is 1. The summed E-state index contributed by atoms with van der Waals surface area (Å²) < 4.78 is 1.73. The molecule has 0 spiro atoms. The van der Waals surface area contributed by atoms with Gasteiger partial charge in [-0.25, -0.2) is 0 Å². The van der Waals surface area contributed by atoms with Gasteiger partial charge in [0, 0.05) is 17.6 Å². The first-order chi connectivity index (χ1) is 12.1. The summed E-state index contributed by atoms with van der Waals surface area (Å²) in [6, 6.07) is 9.88. The zero-order valence-corrected chi connectivity index (χ0v) is 14.8. The van der Waals surface area contributed by atoms with Gasteiger partial charge in [0.2, 0.25) is 5.91 Å². The van der Waals surface area contributed by atoms with Gasteiger partial charge in [0.05, 0.1) is 22.1 Å². The third-order valence-corrected chi connectivity index (χ3v) is 5.58. The van der Waals surface area contributed by atoms with Crippen LogP contribution in [-0.2, 0) is 4.79 Å². The van der Waals surface area contributed by atoms with Crippen molar-refractivity contribution in [2.24, 2.45) is 0 Å². The Hall–Kier alpha value is -2.54. The Bertz CT molecular complexity index is 1020. The van der Waals surface area contributed by atoms with E-state index in [-0.39, 0.29) is 22.8 Å². The molecule has 4 rings (SSSR count). The fourth-order valence-electron chi connectivity index (χ4n) is 3.22. The topological polar surface area (TPSA) is 79.8 Å². The number of fused-ring (bicyclic) bond motifs is 2. The van der Waals surface area contributed by atoms with Crippen LogP contribution >= 0.6 is 11.8 Å². The number of aromatic nitrogens is 3. The van der Waals surface area contributed by atoms with Crippen LogP contribution in [0.1, 0.15) is 36.3 Å². The van der Waals surface area contributed by atoms with Gasteiger partial charge in [-0.2, -0.15) is 0 Å². The number of rotatable bonds is 2. The average Bonchev–Trinajstić information content (AvgIpc) is 2.82. The summed E-state index contributed by atoms with van der Waals surface area (Å²) in [5.41, 5.74) is 2.23. The van der Waals surface area contributed by atoms with Gasteiger partial charge in [0.25, 0.3) is 5.56 Å². The number of para-hydroxylation sites is 1. The van der Waals surface area contributed by atoms with Crippen molar-refractivity contribution in [2.45, 2.75) is 25.1 Å². The fourth-order valence-corrected chi connectivity index (χ4v) is 4.36. The van der Waals surface area contributed by atoms with E-state index in [1.807, 2.05) is 44.2 Å². The predicted molar refractivity (Wildman–Crippen MR) is 100 cm³/mol. The summed E-state index contributed by atoms with van der Waals surface area (Å²) in [5, 5.41) is 6.52. The molecule has 1 aromatic carbocycles. The quantitative estimate of drug-likeness (QED) is 0.741. The largest absolute Gasteiger partial charge is 0.310 e. The number of nitrogens with one attached hydrogen (secondary N) is 2. The highest BCUT2D eigenvalue weighted by atomic mass is 32.2. The summed E-state index contributed by atoms with van der Waals surface area (Å²) in [6.07, 6.45) is 1.75. The molecule has 1 aliphatic heterocycles. The molecule has 0 saturated heterocycles. The summed E-state index contributed by atoms with van der Waals surface area (Å²) in [6.45, 7) is 3.93. The van der Waals surface area contributed by atoms with Gasteiger partial charge in [0.1, 0.15) is 5.82 Å². The SMILES string of the molecule is CC(C)n1[nH]c(=O)c2c1NC(=O)CS[C@@H]2c1cccc2cccnc12. The molecule has 0 bridgehead atoms. The lowest BCUT2D eigenvalue weighted by Gasteiger charge is -2.16. The molecule has 0 radical (unpaired) electrons. The van der Waals surface area contributed by atoms with Crippen LogP contribution in [0.3, 0.4) is 0 Å². The van der Waals surface area contributed by atoms with Crippen LogP contribution < -0.4 is 10.9 Å². The van der Waals surface area contributed by atoms with Gasteiger partial charge in [-0.1, -0.05) is 24.3 Å². The minimum atomic E-state index is -0.253. The lowest BCUT2D eigenvalue weighted by molar-refractivity contribution is -0.113. The van der Waals surface area contributed by atoms with Crippen LogP contribution in [0.2, 0.25) is 0 Å². The lowest BCUT2D eigenvalue weighted by atomic mass is 10.0. The Kier molecular flexibility index (Phi) is 3.88. The number of pyridine rings is 1. The molecule has 0 fully saturated rings. The number of anilines is 1. The molecule has 1 aliphatic rings. The lowest BCUT2D eigenvalue weighted by Crippen LogP contribution is -2.17. The Morgan fingerprint density at radius 1 is 1.24 bits per heavy atom. The van der Waals surface area contributed by atoms with E-state index in [1.165, 1.54) is 11.8 Å². The second kappa shape index (κ2) is 6.07. The molecule has 0 saturated carbocycles. The number of hydrogen-bond acceptors (Lipinski definition) is 4. The van der Waals surface area contributed by atoms with E-state index in [4.69, 9.17) is 0 Å². The molecule has 25 heavy (non-hydrogen) atoms. The second-order valence-electron chi connectivity index (χ2n) is 6.33. The maximum Gasteiger partial charge on any atom is 0.270 e. The van der Waals surface area contributed by atoms with E-state index in [9.17, 15) is 9.59 Å². The van der Waals surface area contributed by atoms with E-state index in [1.54, 1.807) is 10.9 Å². The maximum atomic E-state index is 12.7. The summed E-state index contributed by atoms with van der Waals surface area (Å²) in [7, 11) is 0. The number of benzene rings is 1. The van der Waals surface area contributed by atoms with Gasteiger partial charge in [-0.3, -0.25) is 24.4 Å². The molecule has 3 heterocycles. The van der Waals surface area contributed by atoms with Gasteiger partial charge in [0.15, 0.2) is 0 Å². The third-order valence-electron chi connectivity index (χ3n) is 4.33. The molecule has 2 aromatic heterocycles. The molecule has 1 amide bonds. The molecular formula is C18H18N4O2S. The Balaban J connectivity index is 1.98. The Labute approximate surface area is 148 Å². The van der Waals surface area contributed by atoms with Gasteiger partial charge in [-0.05, 0) is 25.5 Å². The van der Waals surface area contributed by atoms with Crippen LogP contribution in [0.25, 0.3) is 10.9 Å². The zero-order valence-electron chi connectivity index (χ0n) is 13.9. The standard InChI is InChI=1S/C18H18N4O2S/c1-10(2)22-17-14(18(24)21-22)16(25-9-13(23)20-17)12-7-3-5-11-6-4-8-19-15(11)12/h3-8,10,16H,9H2,1-2H3,(H,20,23)(H,21,24)/t16-/m1/s1. The minimum absolute atomic E-state index is 0.0335. The molecule has 1 atom stereocenters. The van der Waals surface area contributed by atoms with E-state index >= 15 is 0 Å². The van der Waals surface area contributed by atoms with Crippen molar-refractivity contribution < 1.29 is 4.79 Å². The number of hydrogen-bond donors (Lipinski definition) is 2. The van der Waals surface area contributed by atoms with Crippen LogP contribution in [-0.4, -0.2) is 26.4 Å². The number of carbonyl (C=O) groups excluding carboxylic acids is 1. The summed E-state index contributed by atoms with van der Waals surface area (Å²) in [5.74, 6) is 0.753. The highest BCUT2D eigenvalue weighted by molar-refractivity contribution is 8.00. The van der Waals surface area contributed by atoms with Crippen molar-refractivity contribution in [3.8, 4) is 0 Å². The van der Waals surface area contributed by atoms with Crippen molar-refractivity contribution in [3.63, 3.8) is 0 Å². The highest BCUT2D eigenvalue weighted by Crippen LogP contribution is 2.42. The van der Waals surface area contributed by atoms with Gasteiger partial charge < -0.3 is 5.32 Å². The van der Waals surface area contributed by atoms with Crippen LogP contribution in [0.15, 0.2) is 41.3 Å². The number of aromatic amines is 1. The number of H-pyrrole nitrogens is 1. The van der Waals surface area contributed by atoms with E-state index in [0.717, 1.165) is 16.5 Å². The Morgan fingerprint density at radius 2 is 2.04 bits per heavy atom. The number of amides is 1. The normalized spacial score (nSPS) is 17.4. The first-order valence-electron chi connectivity index (χ1n) is 8.15. The third kappa shape index (κ3) is 2.64. The van der Waals surface area contributed by atoms with Crippen molar-refractivity contribution in [2.75, 3.05) is 11.1 Å². The fraction of sp³-hybridized carbons (Fsp3) is 0.278. The second-order valence-corrected chi connectivity index (χ2v) is 7.42. The van der Waals surface area contributed by atoms with Crippen molar-refractivity contribution in [1.29, 1.82) is 0 Å². The van der Waals surface area contributed by atoms with E-state index in [0.29, 0.717) is 17.1 Å². The molecule has 3 aromatic rings. The van der Waals surface area contributed by atoms with Gasteiger partial charge in [-0.15, -0.1) is 11.8 Å². The monoisotopic (exact) mass is 354 g/mol. The highest BCUT2D eigenvalue weighted by Gasteiger charge is 2.31. The molecular weight excluding hydrogens is 336 g/mol. The van der Waals surface area contributed by atoms with E-state index < -0.39 is 0 Å².